The topological polar surface area (TPSA) is 58.6 Å². The molecule has 1 atom stereocenters. The van der Waals surface area contributed by atoms with Gasteiger partial charge in [0.2, 0.25) is 5.91 Å². The predicted molar refractivity (Wildman–Crippen MR) is 94.0 cm³/mol. The highest BCUT2D eigenvalue weighted by Gasteiger charge is 2.27. The summed E-state index contributed by atoms with van der Waals surface area (Å²) in [6, 6.07) is 8.04. The Kier molecular flexibility index (Phi) is 6.23. The summed E-state index contributed by atoms with van der Waals surface area (Å²) >= 11 is 0. The number of nitrogens with zero attached hydrogens (tertiary/aromatic N) is 1. The quantitative estimate of drug-likeness (QED) is 0.902. The number of piperidine rings is 1. The van der Waals surface area contributed by atoms with Crippen molar-refractivity contribution < 1.29 is 14.3 Å². The first-order valence-electron chi connectivity index (χ1n) is 8.70. The van der Waals surface area contributed by atoms with E-state index in [1.165, 1.54) is 6.92 Å². The second-order valence-corrected chi connectivity index (χ2v) is 6.75. The van der Waals surface area contributed by atoms with E-state index in [1.54, 1.807) is 6.92 Å². The minimum atomic E-state index is -0.512. The van der Waals surface area contributed by atoms with E-state index in [9.17, 15) is 9.59 Å². The lowest BCUT2D eigenvalue weighted by Crippen LogP contribution is -2.49. The first-order chi connectivity index (χ1) is 11.4. The van der Waals surface area contributed by atoms with Gasteiger partial charge in [-0.05, 0) is 37.3 Å². The van der Waals surface area contributed by atoms with Crippen LogP contribution in [0.25, 0.3) is 0 Å². The van der Waals surface area contributed by atoms with Crippen molar-refractivity contribution in [3.63, 3.8) is 0 Å². The number of rotatable bonds is 5. The summed E-state index contributed by atoms with van der Waals surface area (Å²) < 4.78 is 5.95. The Morgan fingerprint density at radius 1 is 1.17 bits per heavy atom. The molecule has 1 saturated heterocycles. The van der Waals surface area contributed by atoms with E-state index in [-0.39, 0.29) is 17.9 Å². The minimum absolute atomic E-state index is 0.00911. The Labute approximate surface area is 144 Å². The lowest BCUT2D eigenvalue weighted by atomic mass is 10.0. The first kappa shape index (κ1) is 18.3. The average molecular weight is 332 g/mol. The molecule has 1 aromatic rings. The molecule has 2 amide bonds. The highest BCUT2D eigenvalue weighted by molar-refractivity contribution is 5.81. The molecule has 0 radical (unpaired) electrons. The van der Waals surface area contributed by atoms with Crippen molar-refractivity contribution in [2.75, 3.05) is 13.1 Å². The zero-order valence-corrected chi connectivity index (χ0v) is 15.0. The van der Waals surface area contributed by atoms with Crippen LogP contribution in [0.2, 0.25) is 0 Å². The molecule has 0 aliphatic carbocycles. The third-order valence-corrected chi connectivity index (χ3v) is 4.41. The Morgan fingerprint density at radius 3 is 2.38 bits per heavy atom. The van der Waals surface area contributed by atoms with Crippen LogP contribution in [0.5, 0.6) is 5.75 Å². The molecule has 1 unspecified atom stereocenters. The molecule has 0 bridgehead atoms. The molecule has 5 heteroatoms. The van der Waals surface area contributed by atoms with Crippen molar-refractivity contribution in [3.05, 3.63) is 29.8 Å². The number of hydrogen-bond donors (Lipinski definition) is 1. The van der Waals surface area contributed by atoms with Crippen molar-refractivity contribution >= 4 is 11.8 Å². The molecule has 1 heterocycles. The number of nitrogens with one attached hydrogen (secondary N) is 1. The summed E-state index contributed by atoms with van der Waals surface area (Å²) in [5, 5.41) is 2.92. The number of carbonyl (C=O) groups excluding carboxylic acids is 2. The van der Waals surface area contributed by atoms with Gasteiger partial charge in [-0.15, -0.1) is 0 Å². The smallest absolute Gasteiger partial charge is 0.263 e. The van der Waals surface area contributed by atoms with Crippen LogP contribution in [0.1, 0.15) is 52.0 Å². The fourth-order valence-electron chi connectivity index (χ4n) is 3.09. The summed E-state index contributed by atoms with van der Waals surface area (Å²) in [5.74, 6) is 1.12. The van der Waals surface area contributed by atoms with Gasteiger partial charge in [0.25, 0.3) is 5.91 Å². The summed E-state index contributed by atoms with van der Waals surface area (Å²) in [7, 11) is 0. The second-order valence-electron chi connectivity index (χ2n) is 6.75. The summed E-state index contributed by atoms with van der Waals surface area (Å²) in [5.41, 5.74) is 1.11. The molecular weight excluding hydrogens is 304 g/mol. The molecule has 1 aliphatic heterocycles. The van der Waals surface area contributed by atoms with Gasteiger partial charge >= 0.3 is 0 Å². The Hall–Kier alpha value is -2.04. The largest absolute Gasteiger partial charge is 0.481 e. The lowest BCUT2D eigenvalue weighted by Gasteiger charge is -2.33. The highest BCUT2D eigenvalue weighted by Crippen LogP contribution is 2.27. The van der Waals surface area contributed by atoms with E-state index in [4.69, 9.17) is 4.74 Å². The SMILES string of the molecule is CC(=O)NC1CCN(C(=O)C(C)Oc2ccccc2C(C)C)CC1. The number of benzene rings is 1. The molecule has 1 aliphatic rings. The standard InChI is InChI=1S/C19H28N2O3/c1-13(2)17-7-5-6-8-18(17)24-14(3)19(23)21-11-9-16(10-12-21)20-15(4)22/h5-8,13-14,16H,9-12H2,1-4H3,(H,20,22). The monoisotopic (exact) mass is 332 g/mol. The van der Waals surface area contributed by atoms with Gasteiger partial charge in [0.05, 0.1) is 0 Å². The number of para-hydroxylation sites is 1. The maximum atomic E-state index is 12.6. The molecule has 0 aromatic heterocycles. The fourth-order valence-corrected chi connectivity index (χ4v) is 3.09. The van der Waals surface area contributed by atoms with Crippen LogP contribution in [-0.4, -0.2) is 41.9 Å². The van der Waals surface area contributed by atoms with Crippen LogP contribution >= 0.6 is 0 Å². The molecule has 0 saturated carbocycles. The fraction of sp³-hybridized carbons (Fsp3) is 0.579. The van der Waals surface area contributed by atoms with Gasteiger partial charge < -0.3 is 15.0 Å². The van der Waals surface area contributed by atoms with Gasteiger partial charge in [-0.1, -0.05) is 32.0 Å². The van der Waals surface area contributed by atoms with Crippen molar-refractivity contribution in [2.45, 2.75) is 58.6 Å². The summed E-state index contributed by atoms with van der Waals surface area (Å²) in [6.45, 7) is 8.87. The Balaban J connectivity index is 1.93. The van der Waals surface area contributed by atoms with Crippen LogP contribution in [0.4, 0.5) is 0 Å². The number of amides is 2. The summed E-state index contributed by atoms with van der Waals surface area (Å²) in [4.78, 5) is 25.6. The number of hydrogen-bond acceptors (Lipinski definition) is 3. The molecule has 1 aromatic carbocycles. The summed E-state index contributed by atoms with van der Waals surface area (Å²) in [6.07, 6.45) is 1.07. The molecule has 0 spiro atoms. The third-order valence-electron chi connectivity index (χ3n) is 4.41. The maximum Gasteiger partial charge on any atom is 0.263 e. The second kappa shape index (κ2) is 8.18. The lowest BCUT2D eigenvalue weighted by molar-refractivity contribution is -0.139. The first-order valence-corrected chi connectivity index (χ1v) is 8.70. The highest BCUT2D eigenvalue weighted by atomic mass is 16.5. The molecule has 2 rings (SSSR count). The van der Waals surface area contributed by atoms with Crippen LogP contribution in [0.3, 0.4) is 0 Å². The van der Waals surface area contributed by atoms with Gasteiger partial charge in [0.1, 0.15) is 5.75 Å². The van der Waals surface area contributed by atoms with Gasteiger partial charge in [-0.3, -0.25) is 9.59 Å². The van der Waals surface area contributed by atoms with E-state index < -0.39 is 6.10 Å². The van der Waals surface area contributed by atoms with E-state index in [1.807, 2.05) is 29.2 Å². The molecule has 24 heavy (non-hydrogen) atoms. The number of ether oxygens (including phenoxy) is 1. The minimum Gasteiger partial charge on any atom is -0.481 e. The van der Waals surface area contributed by atoms with Crippen molar-refractivity contribution in [3.8, 4) is 5.75 Å². The van der Waals surface area contributed by atoms with Crippen LogP contribution in [-0.2, 0) is 9.59 Å². The molecular formula is C19H28N2O3. The Morgan fingerprint density at radius 2 is 1.79 bits per heavy atom. The van der Waals surface area contributed by atoms with E-state index in [2.05, 4.69) is 19.2 Å². The van der Waals surface area contributed by atoms with Gasteiger partial charge in [-0.25, -0.2) is 0 Å². The van der Waals surface area contributed by atoms with Crippen molar-refractivity contribution in [1.29, 1.82) is 0 Å². The van der Waals surface area contributed by atoms with E-state index in [0.717, 1.165) is 24.2 Å². The zero-order chi connectivity index (χ0) is 17.7. The molecule has 1 N–H and O–H groups in total. The van der Waals surface area contributed by atoms with Gasteiger partial charge in [0.15, 0.2) is 6.10 Å². The Bertz CT molecular complexity index is 578. The van der Waals surface area contributed by atoms with Gasteiger partial charge in [0, 0.05) is 26.1 Å². The molecule has 132 valence electrons. The van der Waals surface area contributed by atoms with Gasteiger partial charge in [-0.2, -0.15) is 0 Å². The molecule has 5 nitrogen and oxygen atoms in total. The molecule has 1 fully saturated rings. The van der Waals surface area contributed by atoms with Crippen LogP contribution in [0.15, 0.2) is 24.3 Å². The number of carbonyl (C=O) groups is 2. The van der Waals surface area contributed by atoms with Crippen molar-refractivity contribution in [2.24, 2.45) is 0 Å². The van der Waals surface area contributed by atoms with Crippen LogP contribution < -0.4 is 10.1 Å². The normalized spacial score (nSPS) is 16.8. The van der Waals surface area contributed by atoms with E-state index >= 15 is 0 Å². The third kappa shape index (κ3) is 4.73. The predicted octanol–water partition coefficient (Wildman–Crippen LogP) is 2.70. The number of likely N-dealkylation sites (tertiary alicyclic amines) is 1. The zero-order valence-electron chi connectivity index (χ0n) is 15.0. The van der Waals surface area contributed by atoms with Crippen molar-refractivity contribution in [1.82, 2.24) is 10.2 Å². The maximum absolute atomic E-state index is 12.6. The average Bonchev–Trinajstić information content (AvgIpc) is 2.54. The van der Waals surface area contributed by atoms with Crippen LogP contribution in [0, 0.1) is 0 Å². The van der Waals surface area contributed by atoms with E-state index in [0.29, 0.717) is 19.0 Å².